The Balaban J connectivity index is 1.96. The summed E-state index contributed by atoms with van der Waals surface area (Å²) >= 11 is 0. The average molecular weight is 261 g/mol. The van der Waals surface area contributed by atoms with Crippen LogP contribution in [0.4, 0.5) is 4.39 Å². The molecule has 0 aliphatic carbocycles. The van der Waals surface area contributed by atoms with E-state index in [-0.39, 0.29) is 11.9 Å². The van der Waals surface area contributed by atoms with Crippen LogP contribution in [0.5, 0.6) is 0 Å². The summed E-state index contributed by atoms with van der Waals surface area (Å²) in [5.74, 6) is -0.208. The number of nitrogens with one attached hydrogen (secondary N) is 1. The van der Waals surface area contributed by atoms with Crippen molar-refractivity contribution in [3.05, 3.63) is 47.8 Å². The van der Waals surface area contributed by atoms with Crippen LogP contribution in [0.1, 0.15) is 17.4 Å². The Kier molecular flexibility index (Phi) is 3.31. The Hall–Kier alpha value is -1.72. The second-order valence-corrected chi connectivity index (χ2v) is 4.69. The van der Waals surface area contributed by atoms with E-state index in [9.17, 15) is 4.39 Å². The van der Waals surface area contributed by atoms with Crippen LogP contribution >= 0.6 is 0 Å². The van der Waals surface area contributed by atoms with E-state index in [2.05, 4.69) is 10.3 Å². The van der Waals surface area contributed by atoms with Gasteiger partial charge in [-0.15, -0.1) is 0 Å². The minimum Gasteiger partial charge on any atom is -0.369 e. The monoisotopic (exact) mass is 261 g/mol. The second kappa shape index (κ2) is 5.11. The molecule has 4 nitrogen and oxygen atoms in total. The standard InChI is InChI=1S/C14H16FN3O/c1-10-2-3-11(6-12(10)15)18-9-17-7-13(18)14-8-16-4-5-19-14/h2-3,6-7,9,14,16H,4-5,8H2,1H3. The summed E-state index contributed by atoms with van der Waals surface area (Å²) in [7, 11) is 0. The number of aromatic nitrogens is 2. The first-order chi connectivity index (χ1) is 9.25. The summed E-state index contributed by atoms with van der Waals surface area (Å²) < 4.78 is 21.3. The first-order valence-corrected chi connectivity index (χ1v) is 6.37. The van der Waals surface area contributed by atoms with E-state index in [0.717, 1.165) is 24.5 Å². The lowest BCUT2D eigenvalue weighted by molar-refractivity contribution is 0.0240. The van der Waals surface area contributed by atoms with Gasteiger partial charge in [0.25, 0.3) is 0 Å². The van der Waals surface area contributed by atoms with Crippen LogP contribution in [0.25, 0.3) is 5.69 Å². The van der Waals surface area contributed by atoms with Gasteiger partial charge >= 0.3 is 0 Å². The molecule has 1 fully saturated rings. The number of aryl methyl sites for hydroxylation is 1. The molecule has 1 aliphatic heterocycles. The third-order valence-corrected chi connectivity index (χ3v) is 3.36. The van der Waals surface area contributed by atoms with Gasteiger partial charge in [0.15, 0.2) is 0 Å². The van der Waals surface area contributed by atoms with Crippen molar-refractivity contribution in [2.75, 3.05) is 19.7 Å². The number of benzene rings is 1. The van der Waals surface area contributed by atoms with Gasteiger partial charge in [0, 0.05) is 18.8 Å². The maximum atomic E-state index is 13.7. The lowest BCUT2D eigenvalue weighted by Crippen LogP contribution is -2.34. The summed E-state index contributed by atoms with van der Waals surface area (Å²) in [5, 5.41) is 3.28. The quantitative estimate of drug-likeness (QED) is 0.898. The molecule has 0 bridgehead atoms. The van der Waals surface area contributed by atoms with Crippen LogP contribution in [0.2, 0.25) is 0 Å². The summed E-state index contributed by atoms with van der Waals surface area (Å²) in [6.07, 6.45) is 3.42. The van der Waals surface area contributed by atoms with E-state index in [1.165, 1.54) is 6.07 Å². The van der Waals surface area contributed by atoms with Gasteiger partial charge < -0.3 is 14.6 Å². The van der Waals surface area contributed by atoms with Crippen molar-refractivity contribution in [1.29, 1.82) is 0 Å². The molecule has 1 aromatic heterocycles. The highest BCUT2D eigenvalue weighted by Crippen LogP contribution is 2.22. The molecule has 0 amide bonds. The number of hydrogen-bond donors (Lipinski definition) is 1. The van der Waals surface area contributed by atoms with Crippen LogP contribution in [0.15, 0.2) is 30.7 Å². The predicted octanol–water partition coefficient (Wildman–Crippen LogP) is 1.98. The third-order valence-electron chi connectivity index (χ3n) is 3.36. The molecule has 2 heterocycles. The van der Waals surface area contributed by atoms with Crippen LogP contribution in [-0.4, -0.2) is 29.2 Å². The Labute approximate surface area is 111 Å². The smallest absolute Gasteiger partial charge is 0.128 e. The molecule has 1 aliphatic rings. The lowest BCUT2D eigenvalue weighted by atomic mass is 10.2. The molecule has 1 N–H and O–H groups in total. The summed E-state index contributed by atoms with van der Waals surface area (Å²) in [6.45, 7) is 4.05. The predicted molar refractivity (Wildman–Crippen MR) is 69.8 cm³/mol. The largest absolute Gasteiger partial charge is 0.369 e. The van der Waals surface area contributed by atoms with Gasteiger partial charge in [-0.05, 0) is 24.6 Å². The Morgan fingerprint density at radius 1 is 1.47 bits per heavy atom. The van der Waals surface area contributed by atoms with E-state index in [1.54, 1.807) is 25.5 Å². The number of morpholine rings is 1. The summed E-state index contributed by atoms with van der Waals surface area (Å²) in [4.78, 5) is 4.16. The van der Waals surface area contributed by atoms with Crippen molar-refractivity contribution in [2.45, 2.75) is 13.0 Å². The Morgan fingerprint density at radius 3 is 3.11 bits per heavy atom. The Bertz CT molecular complexity index is 576. The van der Waals surface area contributed by atoms with Crippen LogP contribution < -0.4 is 5.32 Å². The number of imidazole rings is 1. The number of ether oxygens (including phenoxy) is 1. The molecule has 0 radical (unpaired) electrons. The molecule has 2 aromatic rings. The van der Waals surface area contributed by atoms with E-state index in [1.807, 2.05) is 10.6 Å². The van der Waals surface area contributed by atoms with Gasteiger partial charge in [0.05, 0.1) is 24.8 Å². The number of nitrogens with zero attached hydrogens (tertiary/aromatic N) is 2. The highest BCUT2D eigenvalue weighted by Gasteiger charge is 2.20. The molecule has 0 saturated carbocycles. The van der Waals surface area contributed by atoms with Crippen LogP contribution in [0, 0.1) is 12.7 Å². The number of hydrogen-bond acceptors (Lipinski definition) is 3. The highest BCUT2D eigenvalue weighted by molar-refractivity contribution is 5.37. The van der Waals surface area contributed by atoms with Crippen LogP contribution in [0.3, 0.4) is 0 Å². The van der Waals surface area contributed by atoms with E-state index in [4.69, 9.17) is 4.74 Å². The Morgan fingerprint density at radius 2 is 2.37 bits per heavy atom. The van der Waals surface area contributed by atoms with Crippen molar-refractivity contribution in [3.8, 4) is 5.69 Å². The molecular formula is C14H16FN3O. The van der Waals surface area contributed by atoms with Crippen molar-refractivity contribution in [2.24, 2.45) is 0 Å². The van der Waals surface area contributed by atoms with E-state index in [0.29, 0.717) is 12.2 Å². The maximum Gasteiger partial charge on any atom is 0.128 e. The zero-order valence-corrected chi connectivity index (χ0v) is 10.8. The van der Waals surface area contributed by atoms with Gasteiger partial charge in [0.2, 0.25) is 0 Å². The molecule has 0 spiro atoms. The summed E-state index contributed by atoms with van der Waals surface area (Å²) in [6, 6.07) is 5.19. The van der Waals surface area contributed by atoms with Gasteiger partial charge in [0.1, 0.15) is 11.9 Å². The van der Waals surface area contributed by atoms with Crippen molar-refractivity contribution >= 4 is 0 Å². The lowest BCUT2D eigenvalue weighted by Gasteiger charge is -2.24. The van der Waals surface area contributed by atoms with Gasteiger partial charge in [-0.1, -0.05) is 6.07 Å². The first-order valence-electron chi connectivity index (χ1n) is 6.37. The third kappa shape index (κ3) is 2.39. The van der Waals surface area contributed by atoms with E-state index >= 15 is 0 Å². The zero-order valence-electron chi connectivity index (χ0n) is 10.8. The molecule has 3 rings (SSSR count). The number of rotatable bonds is 2. The fraction of sp³-hybridized carbons (Fsp3) is 0.357. The zero-order chi connectivity index (χ0) is 13.2. The second-order valence-electron chi connectivity index (χ2n) is 4.69. The molecule has 5 heteroatoms. The molecule has 1 unspecified atom stereocenters. The average Bonchev–Trinajstić information content (AvgIpc) is 2.92. The van der Waals surface area contributed by atoms with Gasteiger partial charge in [-0.3, -0.25) is 0 Å². The SMILES string of the molecule is Cc1ccc(-n2cncc2C2CNCCO2)cc1F. The van der Waals surface area contributed by atoms with Gasteiger partial charge in [-0.25, -0.2) is 9.37 Å². The molecule has 1 atom stereocenters. The first kappa shape index (κ1) is 12.3. The van der Waals surface area contributed by atoms with Crippen molar-refractivity contribution in [1.82, 2.24) is 14.9 Å². The molecule has 1 saturated heterocycles. The number of halogens is 1. The maximum absolute atomic E-state index is 13.7. The minimum atomic E-state index is -0.208. The minimum absolute atomic E-state index is 0.0411. The van der Waals surface area contributed by atoms with E-state index < -0.39 is 0 Å². The molecule has 1 aromatic carbocycles. The van der Waals surface area contributed by atoms with Gasteiger partial charge in [-0.2, -0.15) is 0 Å². The topological polar surface area (TPSA) is 39.1 Å². The molecule has 100 valence electrons. The fourth-order valence-electron chi connectivity index (χ4n) is 2.25. The highest BCUT2D eigenvalue weighted by atomic mass is 19.1. The van der Waals surface area contributed by atoms with Crippen molar-refractivity contribution in [3.63, 3.8) is 0 Å². The molecule has 19 heavy (non-hydrogen) atoms. The van der Waals surface area contributed by atoms with Crippen molar-refractivity contribution < 1.29 is 9.13 Å². The van der Waals surface area contributed by atoms with Crippen LogP contribution in [-0.2, 0) is 4.74 Å². The fourth-order valence-corrected chi connectivity index (χ4v) is 2.25. The molecular weight excluding hydrogens is 245 g/mol. The summed E-state index contributed by atoms with van der Waals surface area (Å²) in [5.41, 5.74) is 2.35. The normalized spacial score (nSPS) is 19.6.